The number of para-hydroxylation sites is 1. The van der Waals surface area contributed by atoms with Crippen LogP contribution in [0.2, 0.25) is 0 Å². The normalized spacial score (nSPS) is 17.6. The topological polar surface area (TPSA) is 66.5 Å². The molecule has 0 saturated carbocycles. The van der Waals surface area contributed by atoms with Crippen molar-refractivity contribution < 1.29 is 26.4 Å². The summed E-state index contributed by atoms with van der Waals surface area (Å²) in [6.07, 6.45) is -1.02. The number of carbonyl (C=O) groups excluding carboxylic acids is 1. The molecular formula is C21H23F3N2O3S. The van der Waals surface area contributed by atoms with E-state index in [-0.39, 0.29) is 18.4 Å². The molecule has 5 nitrogen and oxygen atoms in total. The van der Waals surface area contributed by atoms with Crippen LogP contribution in [0.4, 0.5) is 18.9 Å². The maximum absolute atomic E-state index is 13.1. The summed E-state index contributed by atoms with van der Waals surface area (Å²) in [6.45, 7) is 0.506. The number of likely N-dealkylation sites (tertiary alicyclic amines) is 1. The molecule has 162 valence electrons. The lowest BCUT2D eigenvalue weighted by atomic mass is 9.93. The van der Waals surface area contributed by atoms with Crippen LogP contribution in [0.3, 0.4) is 0 Å². The molecule has 1 unspecified atom stereocenters. The number of piperidine rings is 1. The number of nitrogens with zero attached hydrogens (tertiary/aromatic N) is 1. The number of nitrogens with one attached hydrogen (secondary N) is 1. The van der Waals surface area contributed by atoms with Gasteiger partial charge in [-0.1, -0.05) is 30.3 Å². The Bertz CT molecular complexity index is 1000. The molecule has 0 aromatic heterocycles. The highest BCUT2D eigenvalue weighted by Gasteiger charge is 2.32. The Hall–Kier alpha value is -2.55. The lowest BCUT2D eigenvalue weighted by Gasteiger charge is -2.36. The number of carbonyl (C=O) groups is 1. The van der Waals surface area contributed by atoms with Crippen molar-refractivity contribution in [1.82, 2.24) is 4.90 Å². The molecule has 1 atom stereocenters. The van der Waals surface area contributed by atoms with Gasteiger partial charge in [0.05, 0.1) is 30.0 Å². The van der Waals surface area contributed by atoms with Gasteiger partial charge in [0.1, 0.15) is 0 Å². The van der Waals surface area contributed by atoms with Gasteiger partial charge in [-0.05, 0) is 48.6 Å². The van der Waals surface area contributed by atoms with Gasteiger partial charge in [-0.3, -0.25) is 9.52 Å². The van der Waals surface area contributed by atoms with Gasteiger partial charge in [0.15, 0.2) is 0 Å². The summed E-state index contributed by atoms with van der Waals surface area (Å²) in [5.74, 6) is -0.192. The van der Waals surface area contributed by atoms with Crippen LogP contribution in [0, 0.1) is 0 Å². The van der Waals surface area contributed by atoms with Crippen LogP contribution in [0.1, 0.15) is 42.0 Å². The van der Waals surface area contributed by atoms with E-state index in [1.54, 1.807) is 29.2 Å². The van der Waals surface area contributed by atoms with Crippen LogP contribution in [0.25, 0.3) is 0 Å². The number of halogens is 3. The lowest BCUT2D eigenvalue weighted by molar-refractivity contribution is -0.138. The minimum atomic E-state index is -4.41. The highest BCUT2D eigenvalue weighted by Crippen LogP contribution is 2.34. The minimum Gasteiger partial charge on any atom is -0.335 e. The Balaban J connectivity index is 1.81. The molecular weight excluding hydrogens is 417 g/mol. The molecule has 1 aliphatic heterocycles. The highest BCUT2D eigenvalue weighted by molar-refractivity contribution is 7.92. The quantitative estimate of drug-likeness (QED) is 0.751. The van der Waals surface area contributed by atoms with Gasteiger partial charge in [-0.25, -0.2) is 8.42 Å². The number of sulfonamides is 1. The third-order valence-electron chi connectivity index (χ3n) is 5.10. The predicted molar refractivity (Wildman–Crippen MR) is 108 cm³/mol. The van der Waals surface area contributed by atoms with Crippen molar-refractivity contribution in [2.75, 3.05) is 17.5 Å². The van der Waals surface area contributed by atoms with Crippen molar-refractivity contribution in [2.45, 2.75) is 37.9 Å². The van der Waals surface area contributed by atoms with Crippen molar-refractivity contribution in [3.05, 3.63) is 65.2 Å². The van der Waals surface area contributed by atoms with Crippen LogP contribution < -0.4 is 4.72 Å². The summed E-state index contributed by atoms with van der Waals surface area (Å²) in [7, 11) is -3.50. The molecule has 2 aromatic carbocycles. The fraction of sp³-hybridized carbons (Fsp3) is 0.381. The third-order valence-corrected chi connectivity index (χ3v) is 5.69. The minimum absolute atomic E-state index is 0.00414. The van der Waals surface area contributed by atoms with Gasteiger partial charge in [0, 0.05) is 6.54 Å². The Labute approximate surface area is 173 Å². The van der Waals surface area contributed by atoms with E-state index >= 15 is 0 Å². The second-order valence-corrected chi connectivity index (χ2v) is 9.18. The number of amides is 1. The fourth-order valence-corrected chi connectivity index (χ4v) is 4.31. The van der Waals surface area contributed by atoms with Crippen molar-refractivity contribution in [1.29, 1.82) is 0 Å². The van der Waals surface area contributed by atoms with E-state index in [9.17, 15) is 26.4 Å². The monoisotopic (exact) mass is 440 g/mol. The molecule has 0 radical (unpaired) electrons. The molecule has 1 aliphatic rings. The zero-order valence-corrected chi connectivity index (χ0v) is 17.3. The average Bonchev–Trinajstić information content (AvgIpc) is 2.68. The summed E-state index contributed by atoms with van der Waals surface area (Å²) in [5.41, 5.74) is 0.834. The largest absolute Gasteiger partial charge is 0.416 e. The second kappa shape index (κ2) is 8.67. The number of rotatable bonds is 5. The number of hydrogen-bond donors (Lipinski definition) is 1. The first-order valence-electron chi connectivity index (χ1n) is 9.57. The molecule has 1 saturated heterocycles. The summed E-state index contributed by atoms with van der Waals surface area (Å²) in [6, 6.07) is 11.3. The lowest BCUT2D eigenvalue weighted by Crippen LogP contribution is -2.39. The Kier molecular flexibility index (Phi) is 6.40. The van der Waals surface area contributed by atoms with Gasteiger partial charge in [-0.15, -0.1) is 0 Å². The van der Waals surface area contributed by atoms with Gasteiger partial charge in [-0.2, -0.15) is 13.2 Å². The smallest absolute Gasteiger partial charge is 0.335 e. The summed E-state index contributed by atoms with van der Waals surface area (Å²) in [4.78, 5) is 14.7. The van der Waals surface area contributed by atoms with Crippen molar-refractivity contribution in [2.24, 2.45) is 0 Å². The molecule has 0 aliphatic carbocycles. The van der Waals surface area contributed by atoms with E-state index in [0.717, 1.165) is 31.2 Å². The Morgan fingerprint density at radius 3 is 2.40 bits per heavy atom. The number of alkyl halides is 3. The first-order valence-corrected chi connectivity index (χ1v) is 11.5. The van der Waals surface area contributed by atoms with Crippen LogP contribution in [-0.2, 0) is 27.4 Å². The van der Waals surface area contributed by atoms with E-state index in [0.29, 0.717) is 29.8 Å². The molecule has 0 spiro atoms. The Morgan fingerprint density at radius 2 is 1.77 bits per heavy atom. The zero-order valence-electron chi connectivity index (χ0n) is 16.4. The van der Waals surface area contributed by atoms with E-state index in [2.05, 4.69) is 4.72 Å². The first kappa shape index (κ1) is 22.1. The highest BCUT2D eigenvalue weighted by atomic mass is 32.2. The summed E-state index contributed by atoms with van der Waals surface area (Å²) in [5, 5.41) is 0. The molecule has 0 bridgehead atoms. The van der Waals surface area contributed by atoms with Crippen molar-refractivity contribution >= 4 is 21.6 Å². The SMILES string of the molecule is CS(=O)(=O)Nc1ccccc1CC(=O)N1CCCCC1c1ccc(C(F)(F)F)cc1. The summed E-state index contributed by atoms with van der Waals surface area (Å²) < 4.78 is 64.1. The number of benzene rings is 2. The number of anilines is 1. The van der Waals surface area contributed by atoms with Crippen LogP contribution in [-0.4, -0.2) is 32.0 Å². The van der Waals surface area contributed by atoms with Gasteiger partial charge >= 0.3 is 6.18 Å². The summed E-state index contributed by atoms with van der Waals surface area (Å²) >= 11 is 0. The molecule has 1 amide bonds. The molecule has 1 fully saturated rings. The van der Waals surface area contributed by atoms with Crippen molar-refractivity contribution in [3.63, 3.8) is 0 Å². The molecule has 2 aromatic rings. The van der Waals surface area contributed by atoms with Gasteiger partial charge in [0.25, 0.3) is 0 Å². The molecule has 1 N–H and O–H groups in total. The van der Waals surface area contributed by atoms with E-state index in [1.165, 1.54) is 12.1 Å². The fourth-order valence-electron chi connectivity index (χ4n) is 3.71. The zero-order chi connectivity index (χ0) is 21.9. The third kappa shape index (κ3) is 5.53. The second-order valence-electron chi connectivity index (χ2n) is 7.43. The van der Waals surface area contributed by atoms with E-state index in [4.69, 9.17) is 0 Å². The van der Waals surface area contributed by atoms with Crippen LogP contribution in [0.15, 0.2) is 48.5 Å². The molecule has 30 heavy (non-hydrogen) atoms. The maximum Gasteiger partial charge on any atom is 0.416 e. The Morgan fingerprint density at radius 1 is 1.10 bits per heavy atom. The molecule has 3 rings (SSSR count). The maximum atomic E-state index is 13.1. The van der Waals surface area contributed by atoms with Crippen LogP contribution in [0.5, 0.6) is 0 Å². The first-order chi connectivity index (χ1) is 14.0. The number of hydrogen-bond acceptors (Lipinski definition) is 3. The van der Waals surface area contributed by atoms with Crippen LogP contribution >= 0.6 is 0 Å². The standard InChI is InChI=1S/C21H23F3N2O3S/c1-30(28,29)25-18-7-3-2-6-16(18)14-20(27)26-13-5-4-8-19(26)15-9-11-17(12-10-15)21(22,23)24/h2-3,6-7,9-12,19,25H,4-5,8,13-14H2,1H3. The van der Waals surface area contributed by atoms with E-state index < -0.39 is 21.8 Å². The molecule has 9 heteroatoms. The molecule has 1 heterocycles. The van der Waals surface area contributed by atoms with Gasteiger partial charge in [0.2, 0.25) is 15.9 Å². The van der Waals surface area contributed by atoms with Gasteiger partial charge < -0.3 is 4.90 Å². The van der Waals surface area contributed by atoms with Crippen molar-refractivity contribution in [3.8, 4) is 0 Å². The average molecular weight is 440 g/mol. The van der Waals surface area contributed by atoms with E-state index in [1.807, 2.05) is 0 Å². The predicted octanol–water partition coefficient (Wildman–Crippen LogP) is 4.37.